The average molecular weight is 310 g/mol. The fourth-order valence-electron chi connectivity index (χ4n) is 2.74. The van der Waals surface area contributed by atoms with Gasteiger partial charge >= 0.3 is 0 Å². The first-order valence-corrected chi connectivity index (χ1v) is 7.35. The van der Waals surface area contributed by atoms with Gasteiger partial charge in [0, 0.05) is 25.8 Å². The third-order valence-electron chi connectivity index (χ3n) is 3.88. The maximum Gasteiger partial charge on any atom is 0.123 e. The molecule has 1 aliphatic heterocycles. The Morgan fingerprint density at radius 1 is 1.38 bits per heavy atom. The summed E-state index contributed by atoms with van der Waals surface area (Å²) in [6.45, 7) is 2.27. The van der Waals surface area contributed by atoms with Gasteiger partial charge in [-0.1, -0.05) is 23.7 Å². The van der Waals surface area contributed by atoms with Gasteiger partial charge in [0.25, 0.3) is 0 Å². The summed E-state index contributed by atoms with van der Waals surface area (Å²) in [5.41, 5.74) is 0.738. The molecule has 1 aromatic heterocycles. The molecule has 112 valence electrons. The molecule has 3 rings (SSSR count). The molecular weight excluding hydrogens is 293 g/mol. The Morgan fingerprint density at radius 3 is 2.81 bits per heavy atom. The van der Waals surface area contributed by atoms with E-state index in [0.717, 1.165) is 25.1 Å². The predicted octanol–water partition coefficient (Wildman–Crippen LogP) is 2.66. The van der Waals surface area contributed by atoms with E-state index in [1.54, 1.807) is 18.3 Å². The zero-order valence-electron chi connectivity index (χ0n) is 11.5. The van der Waals surface area contributed by atoms with E-state index in [9.17, 15) is 9.50 Å². The van der Waals surface area contributed by atoms with Gasteiger partial charge in [-0.15, -0.1) is 0 Å². The van der Waals surface area contributed by atoms with Gasteiger partial charge in [0.15, 0.2) is 0 Å². The van der Waals surface area contributed by atoms with Crippen LogP contribution in [0.2, 0.25) is 5.02 Å². The summed E-state index contributed by atoms with van der Waals surface area (Å²) in [5, 5.41) is 15.1. The van der Waals surface area contributed by atoms with Crippen LogP contribution in [0, 0.1) is 5.82 Å². The molecule has 21 heavy (non-hydrogen) atoms. The van der Waals surface area contributed by atoms with E-state index >= 15 is 0 Å². The number of benzene rings is 1. The van der Waals surface area contributed by atoms with Crippen LogP contribution in [0.15, 0.2) is 36.7 Å². The van der Waals surface area contributed by atoms with Gasteiger partial charge in [-0.25, -0.2) is 4.39 Å². The number of aliphatic hydroxyl groups is 1. The normalized spacial score (nSPS) is 20.8. The minimum atomic E-state index is -0.606. The lowest BCUT2D eigenvalue weighted by molar-refractivity contribution is 0.124. The lowest BCUT2D eigenvalue weighted by Crippen LogP contribution is -2.27. The molecule has 1 aromatic carbocycles. The molecule has 1 fully saturated rings. The minimum Gasteiger partial charge on any atom is -0.387 e. The van der Waals surface area contributed by atoms with Crippen LogP contribution >= 0.6 is 11.6 Å². The Hall–Kier alpha value is -1.43. The Kier molecular flexibility index (Phi) is 4.24. The largest absolute Gasteiger partial charge is 0.387 e. The Morgan fingerprint density at radius 2 is 2.14 bits per heavy atom. The molecule has 6 heteroatoms. The number of rotatable bonds is 4. The third-order valence-corrected chi connectivity index (χ3v) is 4.07. The number of hydrogen-bond acceptors (Lipinski definition) is 3. The highest BCUT2D eigenvalue weighted by atomic mass is 35.5. The number of aliphatic hydroxyl groups excluding tert-OH is 1. The summed E-state index contributed by atoms with van der Waals surface area (Å²) in [6, 6.07) is 6.29. The average Bonchev–Trinajstić information content (AvgIpc) is 3.08. The fraction of sp³-hybridized carbons (Fsp3) is 0.400. The second-order valence-electron chi connectivity index (χ2n) is 5.41. The zero-order valence-corrected chi connectivity index (χ0v) is 12.2. The molecule has 2 aromatic rings. The molecule has 0 radical (unpaired) electrons. The summed E-state index contributed by atoms with van der Waals surface area (Å²) in [5.74, 6) is -0.289. The van der Waals surface area contributed by atoms with E-state index in [1.807, 2.05) is 10.9 Å². The van der Waals surface area contributed by atoms with Crippen molar-refractivity contribution < 1.29 is 9.50 Å². The van der Waals surface area contributed by atoms with Crippen molar-refractivity contribution in [2.45, 2.75) is 18.6 Å². The molecule has 1 aliphatic rings. The van der Waals surface area contributed by atoms with E-state index in [2.05, 4.69) is 10.00 Å². The first-order chi connectivity index (χ1) is 10.1. The quantitative estimate of drug-likeness (QED) is 0.944. The second kappa shape index (κ2) is 6.13. The van der Waals surface area contributed by atoms with E-state index in [0.29, 0.717) is 11.6 Å². The lowest BCUT2D eigenvalue weighted by Gasteiger charge is -2.20. The third kappa shape index (κ3) is 3.43. The van der Waals surface area contributed by atoms with Crippen LogP contribution in [0.5, 0.6) is 0 Å². The summed E-state index contributed by atoms with van der Waals surface area (Å²) in [6.07, 6.45) is 3.84. The van der Waals surface area contributed by atoms with Gasteiger partial charge in [0.05, 0.1) is 23.4 Å². The highest BCUT2D eigenvalue weighted by Gasteiger charge is 2.26. The number of nitrogens with zero attached hydrogens (tertiary/aromatic N) is 3. The molecule has 0 amide bonds. The Balaban J connectivity index is 1.58. The SMILES string of the molecule is OC(CN1CCC(n2cc(Cl)cn2)C1)c1ccc(F)cc1. The summed E-state index contributed by atoms with van der Waals surface area (Å²) >= 11 is 5.88. The summed E-state index contributed by atoms with van der Waals surface area (Å²) in [4.78, 5) is 2.19. The first kappa shape index (κ1) is 14.5. The molecule has 0 aliphatic carbocycles. The molecule has 0 spiro atoms. The Labute approximate surface area is 127 Å². The minimum absolute atomic E-state index is 0.289. The monoisotopic (exact) mass is 309 g/mol. The van der Waals surface area contributed by atoms with Gasteiger partial charge in [-0.05, 0) is 24.1 Å². The van der Waals surface area contributed by atoms with Crippen LogP contribution in [0.4, 0.5) is 4.39 Å². The Bertz CT molecular complexity index is 601. The molecular formula is C15H17ClFN3O. The predicted molar refractivity (Wildman–Crippen MR) is 78.7 cm³/mol. The van der Waals surface area contributed by atoms with Gasteiger partial charge in [0.1, 0.15) is 5.82 Å². The van der Waals surface area contributed by atoms with Crippen molar-refractivity contribution in [2.75, 3.05) is 19.6 Å². The lowest BCUT2D eigenvalue weighted by atomic mass is 10.1. The van der Waals surface area contributed by atoms with E-state index in [-0.39, 0.29) is 11.9 Å². The summed E-state index contributed by atoms with van der Waals surface area (Å²) in [7, 11) is 0. The molecule has 4 nitrogen and oxygen atoms in total. The molecule has 1 N–H and O–H groups in total. The topological polar surface area (TPSA) is 41.3 Å². The number of β-amino-alcohol motifs (C(OH)–C–C–N with tert-alkyl or cyclic N) is 1. The summed E-state index contributed by atoms with van der Waals surface area (Å²) < 4.78 is 14.8. The van der Waals surface area contributed by atoms with Gasteiger partial charge in [-0.2, -0.15) is 5.10 Å². The van der Waals surface area contributed by atoms with Crippen molar-refractivity contribution in [3.63, 3.8) is 0 Å². The maximum absolute atomic E-state index is 12.9. The van der Waals surface area contributed by atoms with Crippen molar-refractivity contribution in [3.8, 4) is 0 Å². The van der Waals surface area contributed by atoms with Crippen molar-refractivity contribution in [1.82, 2.24) is 14.7 Å². The van der Waals surface area contributed by atoms with Crippen LogP contribution < -0.4 is 0 Å². The molecule has 1 saturated heterocycles. The van der Waals surface area contributed by atoms with E-state index < -0.39 is 6.10 Å². The van der Waals surface area contributed by atoms with E-state index in [1.165, 1.54) is 12.1 Å². The standard InChI is InChI=1S/C15H17ClFN3O/c16-12-7-18-20(8-12)14-5-6-19(9-14)10-15(21)11-1-3-13(17)4-2-11/h1-4,7-8,14-15,21H,5-6,9-10H2. The van der Waals surface area contributed by atoms with Crippen LogP contribution in [-0.2, 0) is 0 Å². The number of hydrogen-bond donors (Lipinski definition) is 1. The van der Waals surface area contributed by atoms with Crippen LogP contribution in [-0.4, -0.2) is 39.4 Å². The highest BCUT2D eigenvalue weighted by Crippen LogP contribution is 2.24. The maximum atomic E-state index is 12.9. The van der Waals surface area contributed by atoms with Crippen molar-refractivity contribution in [1.29, 1.82) is 0 Å². The molecule has 2 atom stereocenters. The fourth-order valence-corrected chi connectivity index (χ4v) is 2.89. The molecule has 2 unspecified atom stereocenters. The van der Waals surface area contributed by atoms with Gasteiger partial charge in [-0.3, -0.25) is 9.58 Å². The van der Waals surface area contributed by atoms with Crippen molar-refractivity contribution >= 4 is 11.6 Å². The molecule has 0 saturated carbocycles. The van der Waals surface area contributed by atoms with Crippen molar-refractivity contribution in [2.24, 2.45) is 0 Å². The second-order valence-corrected chi connectivity index (χ2v) is 5.84. The number of halogens is 2. The molecule has 2 heterocycles. The number of aromatic nitrogens is 2. The number of likely N-dealkylation sites (tertiary alicyclic amines) is 1. The van der Waals surface area contributed by atoms with Crippen LogP contribution in [0.1, 0.15) is 24.1 Å². The van der Waals surface area contributed by atoms with E-state index in [4.69, 9.17) is 11.6 Å². The zero-order chi connectivity index (χ0) is 14.8. The first-order valence-electron chi connectivity index (χ1n) is 6.97. The van der Waals surface area contributed by atoms with Gasteiger partial charge in [0.2, 0.25) is 0 Å². The van der Waals surface area contributed by atoms with Crippen LogP contribution in [0.25, 0.3) is 0 Å². The molecule has 0 bridgehead atoms. The van der Waals surface area contributed by atoms with Crippen LogP contribution in [0.3, 0.4) is 0 Å². The van der Waals surface area contributed by atoms with Crippen molar-refractivity contribution in [3.05, 3.63) is 53.1 Å². The highest BCUT2D eigenvalue weighted by molar-refractivity contribution is 6.30. The van der Waals surface area contributed by atoms with Gasteiger partial charge < -0.3 is 5.11 Å². The smallest absolute Gasteiger partial charge is 0.123 e.